The Kier molecular flexibility index (Phi) is 6.59. The van der Waals surface area contributed by atoms with Gasteiger partial charge in [0.15, 0.2) is 0 Å². The predicted molar refractivity (Wildman–Crippen MR) is 140 cm³/mol. The Balaban J connectivity index is 1.50. The lowest BCUT2D eigenvalue weighted by atomic mass is 9.69. The Morgan fingerprint density at radius 2 is 1.36 bits per heavy atom. The summed E-state index contributed by atoms with van der Waals surface area (Å²) in [6, 6.07) is 37.6. The summed E-state index contributed by atoms with van der Waals surface area (Å²) in [5.41, 5.74) is 4.31. The molecule has 2 N–H and O–H groups in total. The number of nitriles is 1. The van der Waals surface area contributed by atoms with Crippen molar-refractivity contribution >= 4 is 5.69 Å². The van der Waals surface area contributed by atoms with Crippen LogP contribution in [0.1, 0.15) is 33.8 Å². The van der Waals surface area contributed by atoms with Crippen LogP contribution in [0.2, 0.25) is 0 Å². The van der Waals surface area contributed by atoms with Gasteiger partial charge in [-0.05, 0) is 34.9 Å². The molecule has 0 unspecified atom stereocenters. The third-order valence-corrected chi connectivity index (χ3v) is 6.41. The molecule has 0 radical (unpaired) electrons. The molecular formula is C31H25FN4. The zero-order chi connectivity index (χ0) is 24.8. The van der Waals surface area contributed by atoms with E-state index in [-0.39, 0.29) is 5.56 Å². The van der Waals surface area contributed by atoms with Gasteiger partial charge in [0, 0.05) is 24.8 Å². The van der Waals surface area contributed by atoms with Crippen molar-refractivity contribution in [3.05, 3.63) is 155 Å². The minimum Gasteiger partial charge on any atom is -0.385 e. The van der Waals surface area contributed by atoms with Gasteiger partial charge >= 0.3 is 0 Å². The molecule has 0 fully saturated rings. The molecule has 0 atom stereocenters. The molecule has 0 aliphatic carbocycles. The first kappa shape index (κ1) is 23.1. The molecule has 0 aliphatic rings. The number of nitrogens with one attached hydrogen (secondary N) is 2. The van der Waals surface area contributed by atoms with Gasteiger partial charge in [-0.25, -0.2) is 9.37 Å². The molecule has 1 aromatic heterocycles. The van der Waals surface area contributed by atoms with E-state index in [1.807, 2.05) is 30.5 Å². The zero-order valence-corrected chi connectivity index (χ0v) is 19.7. The minimum atomic E-state index is -0.619. The van der Waals surface area contributed by atoms with Crippen LogP contribution in [0.4, 0.5) is 10.1 Å². The summed E-state index contributed by atoms with van der Waals surface area (Å²) in [5.74, 6) is 0.313. The van der Waals surface area contributed by atoms with Crippen LogP contribution in [-0.2, 0) is 11.8 Å². The largest absolute Gasteiger partial charge is 0.385 e. The standard InChI is InChI=1S/C31H25FN4/c32-29-20-27(17-16-23(29)21-33)34-19-18-28-22-35-30(36-28)31(24-10-4-1-5-11-24,25-12-6-2-7-13-25)26-14-8-3-9-15-26/h1-17,20,22,34H,18-19H2,(H,35,36). The monoisotopic (exact) mass is 472 g/mol. The smallest absolute Gasteiger partial charge is 0.143 e. The molecule has 5 rings (SSSR count). The first-order valence-corrected chi connectivity index (χ1v) is 11.9. The average Bonchev–Trinajstić information content (AvgIpc) is 3.40. The van der Waals surface area contributed by atoms with Crippen LogP contribution in [-0.4, -0.2) is 16.5 Å². The van der Waals surface area contributed by atoms with Gasteiger partial charge in [0.1, 0.15) is 23.1 Å². The molecule has 0 aliphatic heterocycles. The van der Waals surface area contributed by atoms with Gasteiger partial charge in [0.05, 0.1) is 11.3 Å². The van der Waals surface area contributed by atoms with Crippen molar-refractivity contribution in [2.45, 2.75) is 11.8 Å². The van der Waals surface area contributed by atoms with Gasteiger partial charge in [-0.15, -0.1) is 0 Å². The van der Waals surface area contributed by atoms with Crippen molar-refractivity contribution in [1.29, 1.82) is 5.26 Å². The summed E-state index contributed by atoms with van der Waals surface area (Å²) < 4.78 is 13.9. The zero-order valence-electron chi connectivity index (χ0n) is 19.7. The van der Waals surface area contributed by atoms with Crippen molar-refractivity contribution in [3.8, 4) is 6.07 Å². The molecule has 36 heavy (non-hydrogen) atoms. The molecule has 0 amide bonds. The van der Waals surface area contributed by atoms with Gasteiger partial charge in [-0.2, -0.15) is 5.26 Å². The number of anilines is 1. The van der Waals surface area contributed by atoms with Crippen LogP contribution in [0.15, 0.2) is 115 Å². The Bertz CT molecular complexity index is 1380. The maximum Gasteiger partial charge on any atom is 0.143 e. The normalized spacial score (nSPS) is 11.1. The molecule has 1 heterocycles. The number of benzene rings is 4. The van der Waals surface area contributed by atoms with E-state index in [0.29, 0.717) is 18.7 Å². The SMILES string of the molecule is N#Cc1ccc(NCCc2c[nH]c(C(c3ccccc3)(c3ccccc3)c3ccccc3)n2)cc1F. The minimum absolute atomic E-state index is 0.0385. The number of aromatic nitrogens is 2. The summed E-state index contributed by atoms with van der Waals surface area (Å²) in [7, 11) is 0. The van der Waals surface area contributed by atoms with Gasteiger partial charge < -0.3 is 10.3 Å². The van der Waals surface area contributed by atoms with Crippen LogP contribution in [0.5, 0.6) is 0 Å². The fourth-order valence-electron chi connectivity index (χ4n) is 4.71. The highest BCUT2D eigenvalue weighted by Gasteiger charge is 2.40. The number of halogens is 1. The molecular weight excluding hydrogens is 447 g/mol. The Morgan fingerprint density at radius 1 is 0.806 bits per heavy atom. The Labute approximate surface area is 210 Å². The molecule has 5 heteroatoms. The lowest BCUT2D eigenvalue weighted by Crippen LogP contribution is -2.32. The summed E-state index contributed by atoms with van der Waals surface area (Å²) in [6.07, 6.45) is 2.59. The highest BCUT2D eigenvalue weighted by atomic mass is 19.1. The van der Waals surface area contributed by atoms with Crippen LogP contribution in [0.25, 0.3) is 0 Å². The first-order valence-electron chi connectivity index (χ1n) is 11.9. The Morgan fingerprint density at radius 3 is 1.86 bits per heavy atom. The molecule has 0 saturated carbocycles. The molecule has 5 aromatic rings. The number of hydrogen-bond donors (Lipinski definition) is 2. The molecule has 0 spiro atoms. The molecule has 4 aromatic carbocycles. The topological polar surface area (TPSA) is 64.5 Å². The van der Waals surface area contributed by atoms with Crippen molar-refractivity contribution in [2.24, 2.45) is 0 Å². The van der Waals surface area contributed by atoms with Crippen molar-refractivity contribution in [1.82, 2.24) is 9.97 Å². The summed E-state index contributed by atoms with van der Waals surface area (Å²) >= 11 is 0. The summed E-state index contributed by atoms with van der Waals surface area (Å²) in [5, 5.41) is 12.2. The average molecular weight is 473 g/mol. The van der Waals surface area contributed by atoms with E-state index in [1.165, 1.54) is 12.1 Å². The third kappa shape index (κ3) is 4.37. The fourth-order valence-corrected chi connectivity index (χ4v) is 4.71. The number of H-pyrrole nitrogens is 1. The van der Waals surface area contributed by atoms with Crippen LogP contribution < -0.4 is 5.32 Å². The first-order chi connectivity index (χ1) is 17.7. The van der Waals surface area contributed by atoms with E-state index in [4.69, 9.17) is 10.2 Å². The lowest BCUT2D eigenvalue weighted by Gasteiger charge is -2.34. The van der Waals surface area contributed by atoms with E-state index >= 15 is 0 Å². The van der Waals surface area contributed by atoms with Crippen molar-refractivity contribution < 1.29 is 4.39 Å². The van der Waals surface area contributed by atoms with Crippen molar-refractivity contribution in [3.63, 3.8) is 0 Å². The maximum absolute atomic E-state index is 13.9. The summed E-state index contributed by atoms with van der Waals surface area (Å²) in [6.45, 7) is 0.574. The van der Waals surface area contributed by atoms with Crippen LogP contribution in [0.3, 0.4) is 0 Å². The molecule has 176 valence electrons. The number of hydrogen-bond acceptors (Lipinski definition) is 3. The third-order valence-electron chi connectivity index (χ3n) is 6.41. The Hall–Kier alpha value is -4.69. The maximum atomic E-state index is 13.9. The number of rotatable bonds is 8. The van der Waals surface area contributed by atoms with E-state index < -0.39 is 11.2 Å². The molecule has 4 nitrogen and oxygen atoms in total. The van der Waals surface area contributed by atoms with E-state index in [2.05, 4.69) is 83.1 Å². The van der Waals surface area contributed by atoms with E-state index in [9.17, 15) is 4.39 Å². The van der Waals surface area contributed by atoms with Gasteiger partial charge in [0.25, 0.3) is 0 Å². The highest BCUT2D eigenvalue weighted by molar-refractivity contribution is 5.56. The quantitative estimate of drug-likeness (QED) is 0.255. The fraction of sp³-hybridized carbons (Fsp3) is 0.0968. The van der Waals surface area contributed by atoms with Crippen LogP contribution >= 0.6 is 0 Å². The second-order valence-electron chi connectivity index (χ2n) is 8.57. The number of nitrogens with zero attached hydrogens (tertiary/aromatic N) is 2. The summed E-state index contributed by atoms with van der Waals surface area (Å²) in [4.78, 5) is 8.56. The number of aromatic amines is 1. The van der Waals surface area contributed by atoms with Gasteiger partial charge in [-0.3, -0.25) is 0 Å². The second kappa shape index (κ2) is 10.3. The molecule has 0 bridgehead atoms. The van der Waals surface area contributed by atoms with Crippen LogP contribution in [0, 0.1) is 17.1 Å². The second-order valence-corrected chi connectivity index (χ2v) is 8.57. The lowest BCUT2D eigenvalue weighted by molar-refractivity contribution is 0.624. The van der Waals surface area contributed by atoms with Gasteiger partial charge in [-0.1, -0.05) is 91.0 Å². The highest BCUT2D eigenvalue weighted by Crippen LogP contribution is 2.43. The predicted octanol–water partition coefficient (Wildman–Crippen LogP) is 6.46. The number of imidazole rings is 1. The van der Waals surface area contributed by atoms with E-state index in [0.717, 1.165) is 28.2 Å². The van der Waals surface area contributed by atoms with Crippen molar-refractivity contribution in [2.75, 3.05) is 11.9 Å². The van der Waals surface area contributed by atoms with E-state index in [1.54, 1.807) is 6.07 Å². The van der Waals surface area contributed by atoms with Gasteiger partial charge in [0.2, 0.25) is 0 Å². The molecule has 0 saturated heterocycles.